The molecule has 0 spiro atoms. The highest BCUT2D eigenvalue weighted by Crippen LogP contribution is 2.34. The van der Waals surface area contributed by atoms with Gasteiger partial charge in [-0.15, -0.1) is 0 Å². The number of likely N-dealkylation sites (N-methyl/N-ethyl adjacent to an activating group) is 1. The Hall–Kier alpha value is -2.54. The van der Waals surface area contributed by atoms with Gasteiger partial charge in [0.25, 0.3) is 0 Å². The molecule has 0 radical (unpaired) electrons. The first-order valence-electron chi connectivity index (χ1n) is 8.26. The molecule has 0 aliphatic carbocycles. The molecular formula is C19H21F3N2O2. The van der Waals surface area contributed by atoms with Crippen molar-refractivity contribution in [1.82, 2.24) is 4.90 Å². The highest BCUT2D eigenvalue weighted by molar-refractivity contribution is 5.93. The topological polar surface area (TPSA) is 41.6 Å². The Morgan fingerprint density at radius 2 is 1.73 bits per heavy atom. The fourth-order valence-corrected chi connectivity index (χ4v) is 2.39. The zero-order chi connectivity index (χ0) is 19.0. The molecule has 1 amide bonds. The van der Waals surface area contributed by atoms with Crippen molar-refractivity contribution in [1.29, 1.82) is 0 Å². The van der Waals surface area contributed by atoms with Gasteiger partial charge in [-0.1, -0.05) is 37.3 Å². The normalized spacial score (nSPS) is 11.4. The summed E-state index contributed by atoms with van der Waals surface area (Å²) >= 11 is 0. The van der Waals surface area contributed by atoms with Gasteiger partial charge in [-0.2, -0.15) is 13.2 Å². The number of ether oxygens (including phenoxy) is 1. The molecule has 0 heterocycles. The molecule has 0 aliphatic heterocycles. The van der Waals surface area contributed by atoms with Gasteiger partial charge in [-0.05, 0) is 30.8 Å². The maximum atomic E-state index is 13.0. The smallest absolute Gasteiger partial charge is 0.418 e. The number of carbonyl (C=O) groups excluding carboxylic acids is 1. The quantitative estimate of drug-likeness (QED) is 0.767. The monoisotopic (exact) mass is 366 g/mol. The lowest BCUT2D eigenvalue weighted by Crippen LogP contribution is -2.36. The largest absolute Gasteiger partial charge is 0.492 e. The zero-order valence-electron chi connectivity index (χ0n) is 14.4. The van der Waals surface area contributed by atoms with Crippen LogP contribution in [0.1, 0.15) is 12.5 Å². The maximum Gasteiger partial charge on any atom is 0.418 e. The van der Waals surface area contributed by atoms with Crippen molar-refractivity contribution >= 4 is 11.6 Å². The third-order valence-electron chi connectivity index (χ3n) is 3.74. The van der Waals surface area contributed by atoms with Gasteiger partial charge in [0.15, 0.2) is 0 Å². The molecule has 1 N–H and O–H groups in total. The van der Waals surface area contributed by atoms with Crippen molar-refractivity contribution in [3.05, 3.63) is 60.2 Å². The second-order valence-corrected chi connectivity index (χ2v) is 5.62. The third kappa shape index (κ3) is 6.07. The van der Waals surface area contributed by atoms with Gasteiger partial charge >= 0.3 is 6.18 Å². The van der Waals surface area contributed by atoms with E-state index in [4.69, 9.17) is 4.74 Å². The molecule has 140 valence electrons. The molecule has 0 atom stereocenters. The number of hydrogen-bond acceptors (Lipinski definition) is 3. The molecule has 0 unspecified atom stereocenters. The first kappa shape index (κ1) is 19.8. The summed E-state index contributed by atoms with van der Waals surface area (Å²) in [6.07, 6.45) is -4.52. The number of rotatable bonds is 8. The molecule has 0 fully saturated rings. The summed E-state index contributed by atoms with van der Waals surface area (Å²) in [5, 5.41) is 2.35. The van der Waals surface area contributed by atoms with Gasteiger partial charge in [-0.25, -0.2) is 0 Å². The molecule has 26 heavy (non-hydrogen) atoms. The van der Waals surface area contributed by atoms with E-state index >= 15 is 0 Å². The van der Waals surface area contributed by atoms with Gasteiger partial charge in [0.1, 0.15) is 12.4 Å². The highest BCUT2D eigenvalue weighted by Gasteiger charge is 2.33. The van der Waals surface area contributed by atoms with Gasteiger partial charge in [0.2, 0.25) is 5.91 Å². The van der Waals surface area contributed by atoms with Gasteiger partial charge < -0.3 is 10.1 Å². The van der Waals surface area contributed by atoms with E-state index in [2.05, 4.69) is 5.32 Å². The predicted octanol–water partition coefficient (Wildman–Crippen LogP) is 4.04. The third-order valence-corrected chi connectivity index (χ3v) is 3.74. The molecule has 2 aromatic carbocycles. The number of carbonyl (C=O) groups is 1. The Labute approximate surface area is 150 Å². The molecule has 7 heteroatoms. The lowest BCUT2D eigenvalue weighted by molar-refractivity contribution is -0.137. The minimum atomic E-state index is -4.52. The molecule has 0 saturated heterocycles. The molecule has 4 nitrogen and oxygen atoms in total. The van der Waals surface area contributed by atoms with Gasteiger partial charge in [-0.3, -0.25) is 9.69 Å². The highest BCUT2D eigenvalue weighted by atomic mass is 19.4. The van der Waals surface area contributed by atoms with Gasteiger partial charge in [0, 0.05) is 6.54 Å². The number of alkyl halides is 3. The zero-order valence-corrected chi connectivity index (χ0v) is 14.4. The molecule has 2 aromatic rings. The summed E-state index contributed by atoms with van der Waals surface area (Å²) in [5.41, 5.74) is -1.09. The van der Waals surface area contributed by atoms with Crippen LogP contribution < -0.4 is 10.1 Å². The van der Waals surface area contributed by atoms with Crippen LogP contribution in [0.4, 0.5) is 18.9 Å². The van der Waals surface area contributed by atoms with Gasteiger partial charge in [0.05, 0.1) is 17.8 Å². The van der Waals surface area contributed by atoms with Crippen LogP contribution in [0.15, 0.2) is 54.6 Å². The summed E-state index contributed by atoms with van der Waals surface area (Å²) in [7, 11) is 0. The second kappa shape index (κ2) is 9.24. The standard InChI is InChI=1S/C19H21F3N2O2/c1-2-24(12-13-26-15-8-4-3-5-9-15)14-18(25)23-17-11-7-6-10-16(17)19(20,21)22/h3-11H,2,12-14H2,1H3,(H,23,25). The van der Waals surface area contributed by atoms with Crippen LogP contribution in [-0.4, -0.2) is 37.0 Å². The van der Waals surface area contributed by atoms with Crippen molar-refractivity contribution in [3.63, 3.8) is 0 Å². The molecule has 2 rings (SSSR count). The number of hydrogen-bond donors (Lipinski definition) is 1. The molecule has 0 saturated carbocycles. The summed E-state index contributed by atoms with van der Waals surface area (Å²) in [5.74, 6) is 0.232. The molecule has 0 bridgehead atoms. The Morgan fingerprint density at radius 3 is 2.38 bits per heavy atom. The van der Waals surface area contributed by atoms with Crippen molar-refractivity contribution in [3.8, 4) is 5.75 Å². The van der Waals surface area contributed by atoms with E-state index in [1.54, 1.807) is 4.90 Å². The number of amides is 1. The van der Waals surface area contributed by atoms with Crippen LogP contribution in [0, 0.1) is 0 Å². The Balaban J connectivity index is 1.87. The average molecular weight is 366 g/mol. The minimum Gasteiger partial charge on any atom is -0.492 e. The van der Waals surface area contributed by atoms with Crippen LogP contribution in [0.2, 0.25) is 0 Å². The average Bonchev–Trinajstić information content (AvgIpc) is 2.61. The Morgan fingerprint density at radius 1 is 1.08 bits per heavy atom. The fraction of sp³-hybridized carbons (Fsp3) is 0.316. The Bertz CT molecular complexity index is 705. The van der Waals surface area contributed by atoms with Crippen LogP contribution in [-0.2, 0) is 11.0 Å². The summed E-state index contributed by atoms with van der Waals surface area (Å²) in [6.45, 7) is 3.30. The van der Waals surface area contributed by atoms with Crippen molar-refractivity contribution < 1.29 is 22.7 Å². The summed E-state index contributed by atoms with van der Waals surface area (Å²) < 4.78 is 44.5. The molecular weight excluding hydrogens is 345 g/mol. The second-order valence-electron chi connectivity index (χ2n) is 5.62. The summed E-state index contributed by atoms with van der Waals surface area (Å²) in [4.78, 5) is 13.9. The summed E-state index contributed by atoms with van der Waals surface area (Å²) in [6, 6.07) is 14.2. The number of benzene rings is 2. The van der Waals surface area contributed by atoms with Crippen molar-refractivity contribution in [2.24, 2.45) is 0 Å². The van der Waals surface area contributed by atoms with E-state index in [1.807, 2.05) is 37.3 Å². The van der Waals surface area contributed by atoms with Crippen LogP contribution in [0.5, 0.6) is 5.75 Å². The van der Waals surface area contributed by atoms with E-state index < -0.39 is 17.6 Å². The number of para-hydroxylation sites is 2. The number of anilines is 1. The number of nitrogens with one attached hydrogen (secondary N) is 1. The first-order valence-corrected chi connectivity index (χ1v) is 8.26. The van der Waals surface area contributed by atoms with E-state index in [1.165, 1.54) is 18.2 Å². The Kier molecular flexibility index (Phi) is 7.03. The lowest BCUT2D eigenvalue weighted by Gasteiger charge is -2.20. The van der Waals surface area contributed by atoms with E-state index in [0.29, 0.717) is 19.7 Å². The van der Waals surface area contributed by atoms with Crippen molar-refractivity contribution in [2.45, 2.75) is 13.1 Å². The maximum absolute atomic E-state index is 13.0. The van der Waals surface area contributed by atoms with Crippen LogP contribution in [0.3, 0.4) is 0 Å². The van der Waals surface area contributed by atoms with E-state index in [0.717, 1.165) is 11.8 Å². The van der Waals surface area contributed by atoms with E-state index in [9.17, 15) is 18.0 Å². The van der Waals surface area contributed by atoms with E-state index in [-0.39, 0.29) is 12.2 Å². The molecule has 0 aliphatic rings. The fourth-order valence-electron chi connectivity index (χ4n) is 2.39. The van der Waals surface area contributed by atoms with Crippen LogP contribution >= 0.6 is 0 Å². The van der Waals surface area contributed by atoms with Crippen LogP contribution in [0.25, 0.3) is 0 Å². The van der Waals surface area contributed by atoms with Crippen molar-refractivity contribution in [2.75, 3.05) is 31.6 Å². The number of halogens is 3. The SMILES string of the molecule is CCN(CCOc1ccccc1)CC(=O)Nc1ccccc1C(F)(F)F. The lowest BCUT2D eigenvalue weighted by atomic mass is 10.1. The first-order chi connectivity index (χ1) is 12.4. The molecule has 0 aromatic heterocycles. The minimum absolute atomic E-state index is 0.0131. The predicted molar refractivity (Wildman–Crippen MR) is 94.1 cm³/mol. The number of nitrogens with zero attached hydrogens (tertiary/aromatic N) is 1.